The highest BCUT2D eigenvalue weighted by molar-refractivity contribution is 5.85. The maximum absolute atomic E-state index is 11.8. The summed E-state index contributed by atoms with van der Waals surface area (Å²) in [6, 6.07) is 8.17. The lowest BCUT2D eigenvalue weighted by atomic mass is 9.66. The highest BCUT2D eigenvalue weighted by Gasteiger charge is 2.46. The largest absolute Gasteiger partial charge is 0.481 e. The van der Waals surface area contributed by atoms with E-state index in [1.807, 2.05) is 18.2 Å². The highest BCUT2D eigenvalue weighted by Crippen LogP contribution is 2.49. The second-order valence-electron chi connectivity index (χ2n) is 7.99. The van der Waals surface area contributed by atoms with Crippen LogP contribution in [0.25, 0.3) is 10.9 Å². The second kappa shape index (κ2) is 5.49. The van der Waals surface area contributed by atoms with Gasteiger partial charge in [-0.3, -0.25) is 9.69 Å². The van der Waals surface area contributed by atoms with Gasteiger partial charge in [0.25, 0.3) is 0 Å². The van der Waals surface area contributed by atoms with Crippen LogP contribution in [0.3, 0.4) is 0 Å². The van der Waals surface area contributed by atoms with Crippen molar-refractivity contribution in [3.05, 3.63) is 35.5 Å². The average molecular weight is 340 g/mol. The molecule has 2 N–H and O–H groups in total. The molecule has 1 saturated carbocycles. The van der Waals surface area contributed by atoms with Gasteiger partial charge in [-0.2, -0.15) is 4.73 Å². The number of carboxylic acids is 1. The van der Waals surface area contributed by atoms with Crippen LogP contribution in [0.4, 0.5) is 0 Å². The van der Waals surface area contributed by atoms with Gasteiger partial charge >= 0.3 is 5.97 Å². The Morgan fingerprint density at radius 2 is 2.04 bits per heavy atom. The number of carboxylic acid groups (broad SMARTS) is 1. The van der Waals surface area contributed by atoms with Crippen molar-refractivity contribution in [3.8, 4) is 0 Å². The summed E-state index contributed by atoms with van der Waals surface area (Å²) in [5, 5.41) is 21.6. The minimum absolute atomic E-state index is 0.141. The number of nitrogens with zero attached hydrogens (tertiary/aromatic N) is 2. The molecule has 2 fully saturated rings. The van der Waals surface area contributed by atoms with E-state index in [2.05, 4.69) is 11.0 Å². The Kier molecular flexibility index (Phi) is 3.35. The lowest BCUT2D eigenvalue weighted by Crippen LogP contribution is -2.50. The third-order valence-electron chi connectivity index (χ3n) is 6.89. The van der Waals surface area contributed by atoms with E-state index in [4.69, 9.17) is 0 Å². The Balaban J connectivity index is 1.58. The summed E-state index contributed by atoms with van der Waals surface area (Å²) < 4.78 is 1.38. The van der Waals surface area contributed by atoms with Crippen LogP contribution in [-0.4, -0.2) is 39.0 Å². The van der Waals surface area contributed by atoms with Crippen LogP contribution in [-0.2, 0) is 11.2 Å². The molecule has 5 heteroatoms. The predicted molar refractivity (Wildman–Crippen MR) is 93.7 cm³/mol. The van der Waals surface area contributed by atoms with Gasteiger partial charge in [0.15, 0.2) is 0 Å². The molecule has 3 heterocycles. The van der Waals surface area contributed by atoms with E-state index in [1.54, 1.807) is 0 Å². The number of para-hydroxylation sites is 1. The lowest BCUT2D eigenvalue weighted by Gasteiger charge is -2.49. The van der Waals surface area contributed by atoms with E-state index >= 15 is 0 Å². The van der Waals surface area contributed by atoms with Gasteiger partial charge in [-0.1, -0.05) is 24.6 Å². The van der Waals surface area contributed by atoms with Gasteiger partial charge in [-0.15, -0.1) is 0 Å². The maximum Gasteiger partial charge on any atom is 0.306 e. The maximum atomic E-state index is 11.8. The fourth-order valence-corrected chi connectivity index (χ4v) is 5.78. The molecule has 0 radical (unpaired) electrons. The van der Waals surface area contributed by atoms with E-state index in [0.29, 0.717) is 5.92 Å². The third-order valence-corrected chi connectivity index (χ3v) is 6.89. The van der Waals surface area contributed by atoms with Crippen molar-refractivity contribution in [2.45, 2.75) is 38.1 Å². The Hall–Kier alpha value is -2.01. The molecule has 1 aromatic carbocycles. The molecule has 1 aromatic heterocycles. The molecule has 0 unspecified atom stereocenters. The van der Waals surface area contributed by atoms with Crippen LogP contribution >= 0.6 is 0 Å². The fourth-order valence-electron chi connectivity index (χ4n) is 5.78. The zero-order valence-corrected chi connectivity index (χ0v) is 14.3. The van der Waals surface area contributed by atoms with Crippen LogP contribution in [0, 0.1) is 17.8 Å². The fraction of sp³-hybridized carbons (Fsp3) is 0.550. The van der Waals surface area contributed by atoms with E-state index in [0.717, 1.165) is 61.8 Å². The Labute approximate surface area is 146 Å². The van der Waals surface area contributed by atoms with E-state index in [-0.39, 0.29) is 17.9 Å². The summed E-state index contributed by atoms with van der Waals surface area (Å²) in [6.45, 7) is 1.98. The van der Waals surface area contributed by atoms with Crippen LogP contribution in [0.15, 0.2) is 24.3 Å². The first-order valence-corrected chi connectivity index (χ1v) is 9.43. The summed E-state index contributed by atoms with van der Waals surface area (Å²) in [5.74, 6) is -0.132. The number of benzene rings is 1. The highest BCUT2D eigenvalue weighted by atomic mass is 16.5. The molecule has 1 saturated heterocycles. The molecule has 5 nitrogen and oxygen atoms in total. The van der Waals surface area contributed by atoms with Crippen LogP contribution < -0.4 is 0 Å². The van der Waals surface area contributed by atoms with Crippen molar-refractivity contribution in [1.29, 1.82) is 0 Å². The standard InChI is InChI=1S/C20H24N2O3/c23-20(24)15-6-3-4-12-11-21-9-8-14-13-5-1-2-7-17(13)22(25)19(14)18(21)10-16(12)15/h1-2,5,7,12,15-16,18,25H,3-4,6,8-11H2,(H,23,24)/t12-,15-,16+,18+/m1/s1. The van der Waals surface area contributed by atoms with Gasteiger partial charge in [0.2, 0.25) is 0 Å². The van der Waals surface area contributed by atoms with Gasteiger partial charge < -0.3 is 10.3 Å². The number of rotatable bonds is 1. The minimum atomic E-state index is -0.635. The van der Waals surface area contributed by atoms with Gasteiger partial charge in [-0.25, -0.2) is 0 Å². The molecule has 3 aliphatic rings. The molecule has 5 rings (SSSR count). The van der Waals surface area contributed by atoms with Crippen molar-refractivity contribution in [2.75, 3.05) is 13.1 Å². The Morgan fingerprint density at radius 1 is 1.20 bits per heavy atom. The van der Waals surface area contributed by atoms with Crippen molar-refractivity contribution in [2.24, 2.45) is 17.8 Å². The summed E-state index contributed by atoms with van der Waals surface area (Å²) in [5.41, 5.74) is 3.12. The molecule has 0 spiro atoms. The summed E-state index contributed by atoms with van der Waals surface area (Å²) in [4.78, 5) is 14.2. The van der Waals surface area contributed by atoms with Crippen molar-refractivity contribution in [1.82, 2.24) is 9.63 Å². The number of hydrogen-bond donors (Lipinski definition) is 2. The zero-order chi connectivity index (χ0) is 17.1. The van der Waals surface area contributed by atoms with Crippen LogP contribution in [0.5, 0.6) is 0 Å². The Bertz CT molecular complexity index is 843. The molecule has 25 heavy (non-hydrogen) atoms. The number of aliphatic carboxylic acids is 1. The smallest absolute Gasteiger partial charge is 0.306 e. The van der Waals surface area contributed by atoms with Crippen LogP contribution in [0.1, 0.15) is 43.0 Å². The average Bonchev–Trinajstić information content (AvgIpc) is 2.92. The molecule has 2 aromatic rings. The van der Waals surface area contributed by atoms with Gasteiger partial charge in [0.05, 0.1) is 23.2 Å². The molecular weight excluding hydrogens is 316 g/mol. The topological polar surface area (TPSA) is 65.7 Å². The normalized spacial score (nSPS) is 32.0. The number of fused-ring (bicyclic) bond motifs is 6. The first-order valence-electron chi connectivity index (χ1n) is 9.43. The molecule has 4 atom stereocenters. The van der Waals surface area contributed by atoms with Crippen molar-refractivity contribution in [3.63, 3.8) is 0 Å². The second-order valence-corrected chi connectivity index (χ2v) is 7.99. The first kappa shape index (κ1) is 15.3. The van der Waals surface area contributed by atoms with Gasteiger partial charge in [-0.05, 0) is 49.1 Å². The van der Waals surface area contributed by atoms with Gasteiger partial charge in [0.1, 0.15) is 0 Å². The number of carbonyl (C=O) groups is 1. The molecule has 1 aliphatic carbocycles. The minimum Gasteiger partial charge on any atom is -0.481 e. The molecule has 0 amide bonds. The van der Waals surface area contributed by atoms with Crippen molar-refractivity contribution < 1.29 is 15.1 Å². The number of piperidine rings is 1. The SMILES string of the molecule is O=C(O)[C@@H]1CCC[C@@H]2CN3CCc4c(n(O)c5ccccc45)[C@@H]3C[C@@H]21. The van der Waals surface area contributed by atoms with Crippen molar-refractivity contribution >= 4 is 16.9 Å². The number of hydrogen-bond acceptors (Lipinski definition) is 3. The quantitative estimate of drug-likeness (QED) is 0.782. The third kappa shape index (κ3) is 2.15. The van der Waals surface area contributed by atoms with Crippen LogP contribution in [0.2, 0.25) is 0 Å². The summed E-state index contributed by atoms with van der Waals surface area (Å²) in [6.07, 6.45) is 4.79. The molecule has 132 valence electrons. The summed E-state index contributed by atoms with van der Waals surface area (Å²) in [7, 11) is 0. The predicted octanol–water partition coefficient (Wildman–Crippen LogP) is 3.30. The lowest BCUT2D eigenvalue weighted by molar-refractivity contribution is -0.148. The monoisotopic (exact) mass is 340 g/mol. The molecule has 2 aliphatic heterocycles. The van der Waals surface area contributed by atoms with E-state index in [1.165, 1.54) is 10.3 Å². The van der Waals surface area contributed by atoms with E-state index in [9.17, 15) is 15.1 Å². The van der Waals surface area contributed by atoms with Gasteiger partial charge in [0, 0.05) is 18.5 Å². The number of aromatic nitrogens is 1. The van der Waals surface area contributed by atoms with E-state index < -0.39 is 5.97 Å². The first-order chi connectivity index (χ1) is 12.1. The molecular formula is C20H24N2O3. The Morgan fingerprint density at radius 3 is 2.88 bits per heavy atom. The zero-order valence-electron chi connectivity index (χ0n) is 14.3. The summed E-state index contributed by atoms with van der Waals surface area (Å²) >= 11 is 0. The molecule has 0 bridgehead atoms.